The van der Waals surface area contributed by atoms with E-state index in [0.29, 0.717) is 29.5 Å². The van der Waals surface area contributed by atoms with E-state index in [1.165, 1.54) is 17.8 Å². The topological polar surface area (TPSA) is 72.3 Å². The zero-order valence-electron chi connectivity index (χ0n) is 19.7. The monoisotopic (exact) mass is 429 g/mol. The minimum absolute atomic E-state index is 0.133. The second-order valence-electron chi connectivity index (χ2n) is 11.4. The number of ketones is 1. The molecule has 31 heavy (non-hydrogen) atoms. The molecule has 4 saturated carbocycles. The first-order chi connectivity index (χ1) is 14.9. The van der Waals surface area contributed by atoms with E-state index in [-0.39, 0.29) is 22.9 Å². The summed E-state index contributed by atoms with van der Waals surface area (Å²) < 4.78 is 0. The second-order valence-corrected chi connectivity index (χ2v) is 11.4. The van der Waals surface area contributed by atoms with Crippen molar-refractivity contribution in [3.63, 3.8) is 0 Å². The molecule has 0 bridgehead atoms. The normalized spacial score (nSPS) is 49.6. The van der Waals surface area contributed by atoms with E-state index >= 15 is 0 Å². The summed E-state index contributed by atoms with van der Waals surface area (Å²) in [5, 5.41) is 12.5. The maximum Gasteiger partial charge on any atom is 0.141 e. The van der Waals surface area contributed by atoms with Gasteiger partial charge in [0.2, 0.25) is 0 Å². The SMILES string of the molecule is CON=C1CC2C(CC[C@]3(C)C(=O)C(C)CC23)[C@@]2(C)CCC(=NOC3CCNC3)CC12. The number of nitrogens with zero attached hydrogens (tertiary/aromatic N) is 2. The van der Waals surface area contributed by atoms with E-state index in [1.54, 1.807) is 7.11 Å². The lowest BCUT2D eigenvalue weighted by Crippen LogP contribution is -2.56. The molecule has 0 aromatic carbocycles. The van der Waals surface area contributed by atoms with Crippen LogP contribution < -0.4 is 5.32 Å². The van der Waals surface area contributed by atoms with Crippen LogP contribution in [-0.2, 0) is 14.5 Å². The molecule has 5 fully saturated rings. The number of hydrogen-bond acceptors (Lipinski definition) is 6. The molecule has 8 atom stereocenters. The Hall–Kier alpha value is -1.43. The summed E-state index contributed by atoms with van der Waals surface area (Å²) in [7, 11) is 1.66. The van der Waals surface area contributed by atoms with Crippen LogP contribution in [0.5, 0.6) is 0 Å². The lowest BCUT2D eigenvalue weighted by Gasteiger charge is -2.59. The maximum atomic E-state index is 13.0. The molecular weight excluding hydrogens is 390 g/mol. The second kappa shape index (κ2) is 7.86. The van der Waals surface area contributed by atoms with Crippen molar-refractivity contribution < 1.29 is 14.5 Å². The molecule has 6 unspecified atom stereocenters. The molecular formula is C25H39N3O3. The highest BCUT2D eigenvalue weighted by atomic mass is 16.6. The summed E-state index contributed by atoms with van der Waals surface area (Å²) in [6.07, 6.45) is 8.55. The van der Waals surface area contributed by atoms with Crippen molar-refractivity contribution in [2.75, 3.05) is 20.2 Å². The number of carbonyl (C=O) groups excluding carboxylic acids is 1. The summed E-state index contributed by atoms with van der Waals surface area (Å²) in [6.45, 7) is 8.80. The quantitative estimate of drug-likeness (QED) is 0.683. The van der Waals surface area contributed by atoms with Gasteiger partial charge in [0.1, 0.15) is 19.0 Å². The number of hydrogen-bond donors (Lipinski definition) is 1. The molecule has 6 heteroatoms. The molecule has 5 aliphatic rings. The lowest BCUT2D eigenvalue weighted by atomic mass is 9.45. The lowest BCUT2D eigenvalue weighted by molar-refractivity contribution is -0.135. The van der Waals surface area contributed by atoms with Crippen molar-refractivity contribution in [3.8, 4) is 0 Å². The van der Waals surface area contributed by atoms with Gasteiger partial charge in [0, 0.05) is 30.2 Å². The summed E-state index contributed by atoms with van der Waals surface area (Å²) in [5.41, 5.74) is 2.44. The van der Waals surface area contributed by atoms with Crippen LogP contribution in [0.15, 0.2) is 10.3 Å². The van der Waals surface area contributed by atoms with Gasteiger partial charge in [-0.05, 0) is 74.7 Å². The van der Waals surface area contributed by atoms with Gasteiger partial charge in [-0.25, -0.2) is 0 Å². The smallest absolute Gasteiger partial charge is 0.141 e. The fraction of sp³-hybridized carbons (Fsp3) is 0.880. The van der Waals surface area contributed by atoms with Crippen LogP contribution in [0.1, 0.15) is 72.1 Å². The number of oxime groups is 2. The number of nitrogens with one attached hydrogen (secondary N) is 1. The average Bonchev–Trinajstić information content (AvgIpc) is 3.35. The molecule has 0 spiro atoms. The summed E-state index contributed by atoms with van der Waals surface area (Å²) in [4.78, 5) is 24.3. The third kappa shape index (κ3) is 3.35. The van der Waals surface area contributed by atoms with Gasteiger partial charge in [-0.15, -0.1) is 0 Å². The highest BCUT2D eigenvalue weighted by molar-refractivity contribution is 5.96. The van der Waals surface area contributed by atoms with Crippen molar-refractivity contribution in [1.82, 2.24) is 5.32 Å². The number of rotatable bonds is 3. The van der Waals surface area contributed by atoms with Gasteiger partial charge in [-0.3, -0.25) is 4.79 Å². The van der Waals surface area contributed by atoms with E-state index in [0.717, 1.165) is 58.0 Å². The van der Waals surface area contributed by atoms with E-state index in [9.17, 15) is 4.79 Å². The molecule has 0 amide bonds. The zero-order valence-corrected chi connectivity index (χ0v) is 19.7. The highest BCUT2D eigenvalue weighted by Gasteiger charge is 2.63. The van der Waals surface area contributed by atoms with Gasteiger partial charge >= 0.3 is 0 Å². The molecule has 172 valence electrons. The maximum absolute atomic E-state index is 13.0. The van der Waals surface area contributed by atoms with Gasteiger partial charge in [-0.2, -0.15) is 0 Å². The van der Waals surface area contributed by atoms with Crippen molar-refractivity contribution in [2.45, 2.75) is 78.2 Å². The van der Waals surface area contributed by atoms with Crippen molar-refractivity contribution in [2.24, 2.45) is 50.7 Å². The summed E-state index contributed by atoms with van der Waals surface area (Å²) >= 11 is 0. The first kappa shape index (κ1) is 21.4. The number of carbonyl (C=O) groups is 1. The average molecular weight is 430 g/mol. The van der Waals surface area contributed by atoms with E-state index in [4.69, 9.17) is 9.68 Å². The fourth-order valence-corrected chi connectivity index (χ4v) is 8.16. The van der Waals surface area contributed by atoms with Gasteiger partial charge < -0.3 is 15.0 Å². The van der Waals surface area contributed by atoms with Crippen molar-refractivity contribution in [3.05, 3.63) is 0 Å². The molecule has 0 aromatic rings. The fourth-order valence-electron chi connectivity index (χ4n) is 8.16. The molecule has 1 N–H and O–H groups in total. The first-order valence-corrected chi connectivity index (χ1v) is 12.4. The third-order valence-corrected chi connectivity index (χ3v) is 9.88. The predicted molar refractivity (Wildman–Crippen MR) is 121 cm³/mol. The van der Waals surface area contributed by atoms with Gasteiger partial charge in [0.15, 0.2) is 0 Å². The summed E-state index contributed by atoms with van der Waals surface area (Å²) in [5.74, 6) is 2.76. The van der Waals surface area contributed by atoms with Crippen LogP contribution in [0.3, 0.4) is 0 Å². The minimum atomic E-state index is -0.133. The highest BCUT2D eigenvalue weighted by Crippen LogP contribution is 2.65. The molecule has 6 nitrogen and oxygen atoms in total. The molecule has 1 aliphatic heterocycles. The number of fused-ring (bicyclic) bond motifs is 5. The van der Waals surface area contributed by atoms with Crippen molar-refractivity contribution >= 4 is 17.2 Å². The van der Waals surface area contributed by atoms with Gasteiger partial charge in [0.25, 0.3) is 0 Å². The van der Waals surface area contributed by atoms with Crippen LogP contribution in [0.2, 0.25) is 0 Å². The molecule has 5 rings (SSSR count). The Balaban J connectivity index is 1.41. The van der Waals surface area contributed by atoms with Crippen molar-refractivity contribution in [1.29, 1.82) is 0 Å². The number of Topliss-reactive ketones (excluding diaryl/α,β-unsaturated/α-hetero) is 1. The van der Waals surface area contributed by atoms with Crippen LogP contribution in [0, 0.1) is 40.4 Å². The molecule has 4 aliphatic carbocycles. The standard InChI is InChI=1S/C25H39N3O3/c1-15-11-20-18-13-22(28-30-4)21-12-16(27-31-17-7-10-26-14-17)5-8-24(21,2)19(18)6-9-25(20,3)23(15)29/h15,17-21,26H,5-14H2,1-4H3/t15?,17?,18?,19?,20?,21?,24-,25+/m1/s1. The molecule has 1 saturated heterocycles. The van der Waals surface area contributed by atoms with Gasteiger partial charge in [0.05, 0.1) is 11.4 Å². The van der Waals surface area contributed by atoms with Crippen LogP contribution >= 0.6 is 0 Å². The van der Waals surface area contributed by atoms with Crippen LogP contribution in [0.25, 0.3) is 0 Å². The third-order valence-electron chi connectivity index (χ3n) is 9.88. The molecule has 1 heterocycles. The Kier molecular flexibility index (Phi) is 5.43. The molecule has 0 radical (unpaired) electrons. The Morgan fingerprint density at radius 2 is 1.94 bits per heavy atom. The minimum Gasteiger partial charge on any atom is -0.399 e. The first-order valence-electron chi connectivity index (χ1n) is 12.4. The Bertz CT molecular complexity index is 789. The van der Waals surface area contributed by atoms with Crippen LogP contribution in [-0.4, -0.2) is 43.5 Å². The largest absolute Gasteiger partial charge is 0.399 e. The zero-order chi connectivity index (χ0) is 21.8. The Morgan fingerprint density at radius 1 is 1.10 bits per heavy atom. The summed E-state index contributed by atoms with van der Waals surface area (Å²) in [6, 6.07) is 0. The Morgan fingerprint density at radius 3 is 2.68 bits per heavy atom. The molecule has 0 aromatic heterocycles. The predicted octanol–water partition coefficient (Wildman–Crippen LogP) is 4.19. The van der Waals surface area contributed by atoms with E-state index in [1.807, 2.05) is 0 Å². The Labute approximate surface area is 186 Å². The van der Waals surface area contributed by atoms with Crippen LogP contribution in [0.4, 0.5) is 0 Å². The van der Waals surface area contributed by atoms with E-state index in [2.05, 4.69) is 36.4 Å². The van der Waals surface area contributed by atoms with E-state index < -0.39 is 0 Å². The van der Waals surface area contributed by atoms with Gasteiger partial charge in [-0.1, -0.05) is 31.1 Å².